The highest BCUT2D eigenvalue weighted by Crippen LogP contribution is 2.08. The molecule has 7 heteroatoms. The molecule has 1 atom stereocenters. The number of amides is 1. The minimum absolute atomic E-state index is 0.0869. The van der Waals surface area contributed by atoms with E-state index in [4.69, 9.17) is 4.74 Å². The summed E-state index contributed by atoms with van der Waals surface area (Å²) < 4.78 is 4.80. The van der Waals surface area contributed by atoms with Crippen LogP contribution < -0.4 is 10.9 Å². The van der Waals surface area contributed by atoms with Gasteiger partial charge in [-0.3, -0.25) is 9.59 Å². The molecule has 3 aromatic rings. The lowest BCUT2D eigenvalue weighted by molar-refractivity contribution is -0.145. The highest BCUT2D eigenvalue weighted by atomic mass is 16.5. The van der Waals surface area contributed by atoms with E-state index in [1.807, 2.05) is 30.3 Å². The second-order valence-electron chi connectivity index (χ2n) is 6.36. The molecule has 144 valence electrons. The normalized spacial score (nSPS) is 11.8. The summed E-state index contributed by atoms with van der Waals surface area (Å²) in [7, 11) is 1.29. The van der Waals surface area contributed by atoms with E-state index in [2.05, 4.69) is 15.3 Å². The first-order valence-electron chi connectivity index (χ1n) is 8.96. The van der Waals surface area contributed by atoms with Crippen LogP contribution in [0.5, 0.6) is 0 Å². The zero-order chi connectivity index (χ0) is 19.9. The van der Waals surface area contributed by atoms with Crippen molar-refractivity contribution < 1.29 is 14.3 Å². The van der Waals surface area contributed by atoms with Gasteiger partial charge in [0.05, 0.1) is 18.0 Å². The lowest BCUT2D eigenvalue weighted by atomic mass is 10.1. The Balaban J connectivity index is 1.64. The molecular formula is C21H21N3O4. The number of aromatic nitrogens is 2. The monoisotopic (exact) mass is 379 g/mol. The van der Waals surface area contributed by atoms with Crippen molar-refractivity contribution in [1.82, 2.24) is 15.3 Å². The van der Waals surface area contributed by atoms with Gasteiger partial charge in [-0.15, -0.1) is 0 Å². The Morgan fingerprint density at radius 2 is 1.82 bits per heavy atom. The number of hydrogen-bond acceptors (Lipinski definition) is 5. The molecule has 1 amide bonds. The molecule has 2 aromatic carbocycles. The van der Waals surface area contributed by atoms with Gasteiger partial charge in [-0.05, 0) is 17.7 Å². The quantitative estimate of drug-likeness (QED) is 0.609. The van der Waals surface area contributed by atoms with Crippen LogP contribution in [0.3, 0.4) is 0 Å². The number of aryl methyl sites for hydroxylation is 1. The van der Waals surface area contributed by atoms with Crippen molar-refractivity contribution in [2.24, 2.45) is 0 Å². The first-order chi connectivity index (χ1) is 13.6. The third-order valence-electron chi connectivity index (χ3n) is 4.35. The maximum atomic E-state index is 12.3. The van der Waals surface area contributed by atoms with Gasteiger partial charge in [0.15, 0.2) is 0 Å². The third-order valence-corrected chi connectivity index (χ3v) is 4.35. The fraction of sp³-hybridized carbons (Fsp3) is 0.238. The topological polar surface area (TPSA) is 101 Å². The van der Waals surface area contributed by atoms with Crippen LogP contribution in [0.1, 0.15) is 17.8 Å². The van der Waals surface area contributed by atoms with Gasteiger partial charge >= 0.3 is 5.97 Å². The Kier molecular flexibility index (Phi) is 6.16. The molecule has 0 radical (unpaired) electrons. The Hall–Kier alpha value is -3.48. The molecule has 0 aliphatic rings. The average molecular weight is 379 g/mol. The van der Waals surface area contributed by atoms with E-state index in [1.165, 1.54) is 7.11 Å². The van der Waals surface area contributed by atoms with Crippen LogP contribution in [0.25, 0.3) is 10.9 Å². The largest absolute Gasteiger partial charge is 0.467 e. The van der Waals surface area contributed by atoms with Crippen molar-refractivity contribution in [2.75, 3.05) is 7.11 Å². The van der Waals surface area contributed by atoms with Crippen molar-refractivity contribution in [1.29, 1.82) is 0 Å². The van der Waals surface area contributed by atoms with E-state index in [9.17, 15) is 14.4 Å². The van der Waals surface area contributed by atoms with Gasteiger partial charge in [0, 0.05) is 19.3 Å². The first kappa shape index (κ1) is 19.3. The van der Waals surface area contributed by atoms with Crippen molar-refractivity contribution in [3.8, 4) is 0 Å². The van der Waals surface area contributed by atoms with E-state index in [1.54, 1.807) is 24.3 Å². The van der Waals surface area contributed by atoms with Crippen molar-refractivity contribution in [3.05, 3.63) is 76.3 Å². The molecule has 0 aliphatic heterocycles. The zero-order valence-electron chi connectivity index (χ0n) is 15.5. The number of hydrogen-bond donors (Lipinski definition) is 2. The first-order valence-corrected chi connectivity index (χ1v) is 8.96. The van der Waals surface area contributed by atoms with E-state index in [0.717, 1.165) is 5.56 Å². The molecule has 2 N–H and O–H groups in total. The highest BCUT2D eigenvalue weighted by Gasteiger charge is 2.22. The SMILES string of the molecule is COC(=O)C(Cc1ccccc1)NC(=O)CCc1nc2ccccc2c(=O)[nH]1. The number of para-hydroxylation sites is 1. The smallest absolute Gasteiger partial charge is 0.328 e. The molecule has 3 rings (SSSR count). The van der Waals surface area contributed by atoms with E-state index >= 15 is 0 Å². The Morgan fingerprint density at radius 1 is 1.11 bits per heavy atom. The number of rotatable bonds is 7. The summed E-state index contributed by atoms with van der Waals surface area (Å²) in [6, 6.07) is 15.6. The lowest BCUT2D eigenvalue weighted by Gasteiger charge is -2.16. The molecular weight excluding hydrogens is 358 g/mol. The fourth-order valence-electron chi connectivity index (χ4n) is 2.94. The molecule has 0 aliphatic carbocycles. The second kappa shape index (κ2) is 8.94. The van der Waals surface area contributed by atoms with Crippen LogP contribution >= 0.6 is 0 Å². The molecule has 1 heterocycles. The maximum absolute atomic E-state index is 12.3. The number of methoxy groups -OCH3 is 1. The van der Waals surface area contributed by atoms with Crippen LogP contribution in [0, 0.1) is 0 Å². The molecule has 0 bridgehead atoms. The van der Waals surface area contributed by atoms with Crippen molar-refractivity contribution in [2.45, 2.75) is 25.3 Å². The summed E-state index contributed by atoms with van der Waals surface area (Å²) >= 11 is 0. The second-order valence-corrected chi connectivity index (χ2v) is 6.36. The summed E-state index contributed by atoms with van der Waals surface area (Å²) in [5, 5.41) is 3.21. The third kappa shape index (κ3) is 4.82. The average Bonchev–Trinajstić information content (AvgIpc) is 2.72. The molecule has 0 spiro atoms. The van der Waals surface area contributed by atoms with Gasteiger partial charge in [0.25, 0.3) is 5.56 Å². The molecule has 0 saturated heterocycles. The number of nitrogens with zero attached hydrogens (tertiary/aromatic N) is 1. The van der Waals surface area contributed by atoms with Crippen LogP contribution in [0.4, 0.5) is 0 Å². The molecule has 0 fully saturated rings. The summed E-state index contributed by atoms with van der Waals surface area (Å²) in [5.41, 5.74) is 1.26. The molecule has 0 saturated carbocycles. The Bertz CT molecular complexity index is 1030. The number of esters is 1. The fourth-order valence-corrected chi connectivity index (χ4v) is 2.94. The van der Waals surface area contributed by atoms with Gasteiger partial charge in [0.2, 0.25) is 5.91 Å². The van der Waals surface area contributed by atoms with Gasteiger partial charge < -0.3 is 15.0 Å². The molecule has 7 nitrogen and oxygen atoms in total. The minimum atomic E-state index is -0.775. The lowest BCUT2D eigenvalue weighted by Crippen LogP contribution is -2.43. The van der Waals surface area contributed by atoms with Gasteiger partial charge in [-0.2, -0.15) is 0 Å². The van der Waals surface area contributed by atoms with Gasteiger partial charge in [-0.25, -0.2) is 9.78 Å². The van der Waals surface area contributed by atoms with Crippen LogP contribution in [-0.4, -0.2) is 35.0 Å². The van der Waals surface area contributed by atoms with Crippen molar-refractivity contribution in [3.63, 3.8) is 0 Å². The van der Waals surface area contributed by atoms with E-state index in [-0.39, 0.29) is 24.3 Å². The maximum Gasteiger partial charge on any atom is 0.328 e. The predicted molar refractivity (Wildman–Crippen MR) is 105 cm³/mol. The van der Waals surface area contributed by atoms with Crippen LogP contribution in [-0.2, 0) is 27.2 Å². The number of carbonyl (C=O) groups excluding carboxylic acids is 2. The van der Waals surface area contributed by atoms with E-state index in [0.29, 0.717) is 23.1 Å². The van der Waals surface area contributed by atoms with Crippen LogP contribution in [0.2, 0.25) is 0 Å². The van der Waals surface area contributed by atoms with Gasteiger partial charge in [-0.1, -0.05) is 42.5 Å². The number of H-pyrrole nitrogens is 1. The Labute approximate surface area is 161 Å². The van der Waals surface area contributed by atoms with Crippen molar-refractivity contribution >= 4 is 22.8 Å². The number of fused-ring (bicyclic) bond motifs is 1. The zero-order valence-corrected chi connectivity index (χ0v) is 15.5. The molecule has 1 unspecified atom stereocenters. The highest BCUT2D eigenvalue weighted by molar-refractivity contribution is 5.84. The number of ether oxygens (including phenoxy) is 1. The standard InChI is InChI=1S/C21H21N3O4/c1-28-21(27)17(13-14-7-3-2-4-8-14)23-19(25)12-11-18-22-16-10-6-5-9-15(16)20(26)24-18/h2-10,17H,11-13H2,1H3,(H,23,25)(H,22,24,26). The summed E-state index contributed by atoms with van der Waals surface area (Å²) in [6.07, 6.45) is 0.680. The summed E-state index contributed by atoms with van der Waals surface area (Å²) in [6.45, 7) is 0. The summed E-state index contributed by atoms with van der Waals surface area (Å²) in [4.78, 5) is 43.5. The number of nitrogens with one attached hydrogen (secondary N) is 2. The van der Waals surface area contributed by atoms with E-state index < -0.39 is 12.0 Å². The van der Waals surface area contributed by atoms with Gasteiger partial charge in [0.1, 0.15) is 11.9 Å². The Morgan fingerprint density at radius 3 is 2.57 bits per heavy atom. The molecule has 28 heavy (non-hydrogen) atoms. The van der Waals surface area contributed by atoms with Crippen LogP contribution in [0.15, 0.2) is 59.4 Å². The minimum Gasteiger partial charge on any atom is -0.467 e. The number of aromatic amines is 1. The predicted octanol–water partition coefficient (Wildman–Crippen LogP) is 1.76. The molecule has 1 aromatic heterocycles. The number of carbonyl (C=O) groups is 2. The summed E-state index contributed by atoms with van der Waals surface area (Å²) in [5.74, 6) is -0.395. The number of benzene rings is 2.